The Labute approximate surface area is 154 Å². The van der Waals surface area contributed by atoms with Crippen LogP contribution >= 0.6 is 11.6 Å². The lowest BCUT2D eigenvalue weighted by Crippen LogP contribution is -2.28. The van der Waals surface area contributed by atoms with Gasteiger partial charge in [-0.05, 0) is 49.2 Å². The van der Waals surface area contributed by atoms with Crippen molar-refractivity contribution in [2.24, 2.45) is 0 Å². The summed E-state index contributed by atoms with van der Waals surface area (Å²) in [6, 6.07) is 11.4. The summed E-state index contributed by atoms with van der Waals surface area (Å²) in [5, 5.41) is 9.43. The van der Waals surface area contributed by atoms with Crippen LogP contribution in [-0.2, 0) is 0 Å². The average molecular weight is 366 g/mol. The second kappa shape index (κ2) is 5.85. The highest BCUT2D eigenvalue weighted by Gasteiger charge is 2.20. The third kappa shape index (κ3) is 2.37. The van der Waals surface area contributed by atoms with Crippen LogP contribution in [-0.4, -0.2) is 32.8 Å². The first-order chi connectivity index (χ1) is 12.7. The van der Waals surface area contributed by atoms with E-state index in [1.165, 1.54) is 0 Å². The molecule has 0 atom stereocenters. The number of aromatic amines is 1. The molecule has 1 aliphatic rings. The monoisotopic (exact) mass is 365 g/mol. The van der Waals surface area contributed by atoms with Crippen molar-refractivity contribution in [2.75, 3.05) is 18.0 Å². The van der Waals surface area contributed by atoms with Crippen LogP contribution in [0.4, 0.5) is 5.82 Å². The number of nitrogens with one attached hydrogen (secondary N) is 1. The molecular formula is C19H16ClN5O. The van der Waals surface area contributed by atoms with Crippen molar-refractivity contribution in [3.8, 4) is 5.69 Å². The van der Waals surface area contributed by atoms with Crippen LogP contribution in [0.1, 0.15) is 12.8 Å². The molecule has 6 nitrogen and oxygen atoms in total. The van der Waals surface area contributed by atoms with Gasteiger partial charge in [0.25, 0.3) is 0 Å². The maximum Gasteiger partial charge on any atom is 0.354 e. The minimum Gasteiger partial charge on any atom is -0.356 e. The Hall–Kier alpha value is -2.86. The average Bonchev–Trinajstić information content (AvgIpc) is 3.32. The smallest absolute Gasteiger partial charge is 0.354 e. The Morgan fingerprint density at radius 1 is 1.08 bits per heavy atom. The maximum atomic E-state index is 13.0. The summed E-state index contributed by atoms with van der Waals surface area (Å²) < 4.78 is 1.62. The fraction of sp³-hybridized carbons (Fsp3) is 0.211. The molecule has 0 radical (unpaired) electrons. The molecule has 5 rings (SSSR count). The quantitative estimate of drug-likeness (QED) is 0.590. The summed E-state index contributed by atoms with van der Waals surface area (Å²) in [4.78, 5) is 19.6. The Balaban J connectivity index is 1.82. The lowest BCUT2D eigenvalue weighted by molar-refractivity contribution is 0.895. The van der Waals surface area contributed by atoms with Gasteiger partial charge >= 0.3 is 5.69 Å². The topological polar surface area (TPSA) is 66.8 Å². The Morgan fingerprint density at radius 2 is 1.92 bits per heavy atom. The van der Waals surface area contributed by atoms with E-state index in [0.29, 0.717) is 5.02 Å². The van der Waals surface area contributed by atoms with Gasteiger partial charge in [-0.15, -0.1) is 0 Å². The van der Waals surface area contributed by atoms with Crippen molar-refractivity contribution < 1.29 is 0 Å². The predicted molar refractivity (Wildman–Crippen MR) is 103 cm³/mol. The zero-order valence-corrected chi connectivity index (χ0v) is 14.7. The van der Waals surface area contributed by atoms with Gasteiger partial charge < -0.3 is 4.90 Å². The highest BCUT2D eigenvalue weighted by molar-refractivity contribution is 6.31. The lowest BCUT2D eigenvalue weighted by Gasteiger charge is -2.20. The van der Waals surface area contributed by atoms with Gasteiger partial charge in [-0.1, -0.05) is 11.6 Å². The van der Waals surface area contributed by atoms with E-state index in [1.54, 1.807) is 10.8 Å². The molecule has 0 bridgehead atoms. The molecule has 2 aromatic carbocycles. The summed E-state index contributed by atoms with van der Waals surface area (Å²) in [6.45, 7) is 1.85. The van der Waals surface area contributed by atoms with Crippen LogP contribution in [0.15, 0.2) is 47.4 Å². The van der Waals surface area contributed by atoms with Gasteiger partial charge in [-0.2, -0.15) is 10.1 Å². The Bertz CT molecular complexity index is 1190. The van der Waals surface area contributed by atoms with E-state index in [1.807, 2.05) is 36.4 Å². The fourth-order valence-corrected chi connectivity index (χ4v) is 3.84. The third-order valence-electron chi connectivity index (χ3n) is 4.92. The summed E-state index contributed by atoms with van der Waals surface area (Å²) in [6.07, 6.45) is 3.99. The molecule has 0 amide bonds. The normalized spacial score (nSPS) is 14.6. The molecule has 3 heterocycles. The molecule has 26 heavy (non-hydrogen) atoms. The number of halogens is 1. The lowest BCUT2D eigenvalue weighted by atomic mass is 10.2. The molecule has 1 N–H and O–H groups in total. The van der Waals surface area contributed by atoms with E-state index in [-0.39, 0.29) is 5.69 Å². The molecule has 2 aromatic heterocycles. The van der Waals surface area contributed by atoms with Crippen LogP contribution in [0, 0.1) is 0 Å². The van der Waals surface area contributed by atoms with Crippen LogP contribution < -0.4 is 10.6 Å². The van der Waals surface area contributed by atoms with Crippen molar-refractivity contribution in [3.63, 3.8) is 0 Å². The third-order valence-corrected chi connectivity index (χ3v) is 5.16. The largest absolute Gasteiger partial charge is 0.356 e. The Morgan fingerprint density at radius 3 is 2.77 bits per heavy atom. The number of nitrogens with zero attached hydrogens (tertiary/aromatic N) is 4. The van der Waals surface area contributed by atoms with Gasteiger partial charge in [-0.3, -0.25) is 9.67 Å². The number of hydrogen-bond donors (Lipinski definition) is 1. The van der Waals surface area contributed by atoms with Gasteiger partial charge in [0.2, 0.25) is 0 Å². The highest BCUT2D eigenvalue weighted by atomic mass is 35.5. The molecule has 0 unspecified atom stereocenters. The summed E-state index contributed by atoms with van der Waals surface area (Å²) >= 11 is 6.26. The standard InChI is InChI=1S/C19H16ClN5O/c20-13-3-5-15-17(10-13)25(14-4-6-16-12(9-14)11-21-23-16)19(26)22-18(15)24-7-1-2-8-24/h3-6,9-11H,1-2,7-8H2,(H,21,23). The summed E-state index contributed by atoms with van der Waals surface area (Å²) in [5.74, 6) is 0.750. The predicted octanol–water partition coefficient (Wildman–Crippen LogP) is 3.52. The van der Waals surface area contributed by atoms with E-state index >= 15 is 0 Å². The number of H-pyrrole nitrogens is 1. The fourth-order valence-electron chi connectivity index (χ4n) is 3.67. The van der Waals surface area contributed by atoms with Crippen LogP contribution in [0.3, 0.4) is 0 Å². The van der Waals surface area contributed by atoms with E-state index in [2.05, 4.69) is 20.1 Å². The SMILES string of the molecule is O=c1nc(N2CCCC2)c2ccc(Cl)cc2n1-c1ccc2[nH]ncc2c1. The molecule has 1 fully saturated rings. The zero-order valence-electron chi connectivity index (χ0n) is 13.9. The van der Waals surface area contributed by atoms with Crippen LogP contribution in [0.25, 0.3) is 27.5 Å². The van der Waals surface area contributed by atoms with Gasteiger partial charge in [0.15, 0.2) is 0 Å². The molecule has 0 saturated carbocycles. The number of rotatable bonds is 2. The molecule has 1 saturated heterocycles. The number of fused-ring (bicyclic) bond motifs is 2. The van der Waals surface area contributed by atoms with Crippen molar-refractivity contribution in [3.05, 3.63) is 58.1 Å². The van der Waals surface area contributed by atoms with Gasteiger partial charge in [-0.25, -0.2) is 4.79 Å². The second-order valence-corrected chi connectivity index (χ2v) is 6.99. The minimum absolute atomic E-state index is 0.301. The van der Waals surface area contributed by atoms with Crippen LogP contribution in [0.5, 0.6) is 0 Å². The van der Waals surface area contributed by atoms with Crippen molar-refractivity contribution >= 4 is 39.2 Å². The first kappa shape index (κ1) is 15.4. The van der Waals surface area contributed by atoms with Gasteiger partial charge in [0, 0.05) is 28.9 Å². The molecule has 130 valence electrons. The molecule has 4 aromatic rings. The van der Waals surface area contributed by atoms with E-state index in [0.717, 1.165) is 59.2 Å². The molecule has 0 spiro atoms. The number of hydrogen-bond acceptors (Lipinski definition) is 4. The zero-order chi connectivity index (χ0) is 17.7. The summed E-state index contributed by atoms with van der Waals surface area (Å²) in [5.41, 5.74) is 2.13. The number of anilines is 1. The first-order valence-electron chi connectivity index (χ1n) is 8.61. The second-order valence-electron chi connectivity index (χ2n) is 6.55. The van der Waals surface area contributed by atoms with Crippen molar-refractivity contribution in [1.82, 2.24) is 19.7 Å². The summed E-state index contributed by atoms with van der Waals surface area (Å²) in [7, 11) is 0. The maximum absolute atomic E-state index is 13.0. The molecule has 0 aliphatic carbocycles. The molecular weight excluding hydrogens is 350 g/mol. The number of aromatic nitrogens is 4. The van der Waals surface area contributed by atoms with Crippen LogP contribution in [0.2, 0.25) is 5.02 Å². The molecule has 7 heteroatoms. The van der Waals surface area contributed by atoms with E-state index in [9.17, 15) is 4.79 Å². The Kier molecular flexibility index (Phi) is 3.46. The van der Waals surface area contributed by atoms with Gasteiger partial charge in [0.05, 0.1) is 22.9 Å². The van der Waals surface area contributed by atoms with Crippen molar-refractivity contribution in [2.45, 2.75) is 12.8 Å². The highest BCUT2D eigenvalue weighted by Crippen LogP contribution is 2.29. The molecule has 1 aliphatic heterocycles. The minimum atomic E-state index is -0.301. The van der Waals surface area contributed by atoms with E-state index in [4.69, 9.17) is 11.6 Å². The number of benzene rings is 2. The van der Waals surface area contributed by atoms with Gasteiger partial charge in [0.1, 0.15) is 5.82 Å². The van der Waals surface area contributed by atoms with E-state index < -0.39 is 0 Å². The first-order valence-corrected chi connectivity index (χ1v) is 8.99. The van der Waals surface area contributed by atoms with Crippen molar-refractivity contribution in [1.29, 1.82) is 0 Å².